The molecule has 0 saturated carbocycles. The first-order valence-corrected chi connectivity index (χ1v) is 13.5. The number of ether oxygens (including phenoxy) is 11. The van der Waals surface area contributed by atoms with E-state index in [9.17, 15) is 4.79 Å². The first-order chi connectivity index (χ1) is 20.6. The summed E-state index contributed by atoms with van der Waals surface area (Å²) in [6.45, 7) is 0.0440. The third-order valence-corrected chi connectivity index (χ3v) is 6.52. The molecule has 0 N–H and O–H groups in total. The number of ketones is 1. The third kappa shape index (κ3) is 9.97. The van der Waals surface area contributed by atoms with Crippen LogP contribution in [-0.2, 0) is 49.1 Å². The minimum Gasteiger partial charge on any atom is -0.497 e. The van der Waals surface area contributed by atoms with Gasteiger partial charge in [0.15, 0.2) is 12.4 Å². The van der Waals surface area contributed by atoms with Crippen LogP contribution < -0.4 is 9.47 Å². The maximum Gasteiger partial charge on any atom is 0.200 e. The lowest BCUT2D eigenvalue weighted by molar-refractivity contribution is -0.297. The van der Waals surface area contributed by atoms with E-state index >= 15 is 0 Å². The zero-order valence-electron chi connectivity index (χ0n) is 24.9. The summed E-state index contributed by atoms with van der Waals surface area (Å²) in [5, 5.41) is 0. The van der Waals surface area contributed by atoms with Crippen LogP contribution in [-0.4, -0.2) is 112 Å². The fourth-order valence-corrected chi connectivity index (χ4v) is 4.65. The summed E-state index contributed by atoms with van der Waals surface area (Å²) in [6, 6.07) is 14.4. The van der Waals surface area contributed by atoms with E-state index < -0.39 is 30.5 Å². The van der Waals surface area contributed by atoms with Crippen molar-refractivity contribution in [3.63, 3.8) is 0 Å². The molecule has 42 heavy (non-hydrogen) atoms. The first-order valence-electron chi connectivity index (χ1n) is 13.5. The van der Waals surface area contributed by atoms with Crippen molar-refractivity contribution in [2.75, 3.05) is 75.9 Å². The van der Waals surface area contributed by atoms with E-state index in [1.165, 1.54) is 28.4 Å². The van der Waals surface area contributed by atoms with Gasteiger partial charge in [-0.1, -0.05) is 24.3 Å². The molecular formula is C30H42O12. The SMILES string of the molecule is COCOC[C@H]1O[C@@H](Cc2ccccc2C(=O)COc2ccc(OC)cc2)[C@H](OCOC)[C@@H](OCOC)[C@@H]1OCOC. The Bertz CT molecular complexity index is 1030. The molecule has 12 heteroatoms. The standard InChI is InChI=1S/C30H42O12/c1-32-17-37-16-27-29(40-19-34-3)30(41-20-35-4)28(39-18-33-2)26(42-27)14-21-8-6-7-9-24(21)25(31)15-38-23-12-10-22(36-5)11-13-23/h6-13,26-30H,14-20H2,1-5H3/t26-,27+,28-,29+,30+/m0/s1. The third-order valence-electron chi connectivity index (χ3n) is 6.52. The Kier molecular flexibility index (Phi) is 15.1. The van der Waals surface area contributed by atoms with Crippen molar-refractivity contribution >= 4 is 5.78 Å². The number of hydrogen-bond donors (Lipinski definition) is 0. The number of Topliss-reactive ketones (excluding diaryl/α,β-unsaturated/α-hetero) is 1. The minimum absolute atomic E-state index is 0.00512. The van der Waals surface area contributed by atoms with E-state index in [0.29, 0.717) is 23.5 Å². The summed E-state index contributed by atoms with van der Waals surface area (Å²) in [7, 11) is 7.71. The molecule has 1 aliphatic rings. The summed E-state index contributed by atoms with van der Waals surface area (Å²) in [6.07, 6.45) is -2.76. The van der Waals surface area contributed by atoms with Gasteiger partial charge in [-0.3, -0.25) is 4.79 Å². The Labute approximate surface area is 246 Å². The van der Waals surface area contributed by atoms with Crippen molar-refractivity contribution < 1.29 is 56.9 Å². The van der Waals surface area contributed by atoms with Gasteiger partial charge in [0.2, 0.25) is 0 Å². The van der Waals surface area contributed by atoms with Crippen LogP contribution in [0, 0.1) is 0 Å². The predicted octanol–water partition coefficient (Wildman–Crippen LogP) is 2.85. The van der Waals surface area contributed by atoms with Crippen LogP contribution in [0.5, 0.6) is 11.5 Å². The first kappa shape index (κ1) is 33.8. The Morgan fingerprint density at radius 3 is 1.88 bits per heavy atom. The van der Waals surface area contributed by atoms with Crippen molar-refractivity contribution in [2.24, 2.45) is 0 Å². The molecule has 1 aliphatic heterocycles. The average Bonchev–Trinajstić information content (AvgIpc) is 3.02. The Balaban J connectivity index is 1.85. The molecule has 1 heterocycles. The van der Waals surface area contributed by atoms with E-state index in [0.717, 1.165) is 5.56 Å². The second-order valence-electron chi connectivity index (χ2n) is 9.35. The number of methoxy groups -OCH3 is 5. The summed E-state index contributed by atoms with van der Waals surface area (Å²) < 4.78 is 62.0. The van der Waals surface area contributed by atoms with Crippen molar-refractivity contribution in [3.05, 3.63) is 59.7 Å². The van der Waals surface area contributed by atoms with Crippen LogP contribution in [0.3, 0.4) is 0 Å². The quantitative estimate of drug-likeness (QED) is 0.127. The van der Waals surface area contributed by atoms with Gasteiger partial charge in [-0.15, -0.1) is 0 Å². The summed E-state index contributed by atoms with van der Waals surface area (Å²) >= 11 is 0. The van der Waals surface area contributed by atoms with Crippen LogP contribution in [0.4, 0.5) is 0 Å². The lowest BCUT2D eigenvalue weighted by Gasteiger charge is -2.46. The highest BCUT2D eigenvalue weighted by molar-refractivity contribution is 5.98. The Morgan fingerprint density at radius 2 is 1.26 bits per heavy atom. The van der Waals surface area contributed by atoms with Gasteiger partial charge in [0.05, 0.1) is 19.8 Å². The molecule has 12 nitrogen and oxygen atoms in total. The summed E-state index contributed by atoms with van der Waals surface area (Å²) in [5.74, 6) is 1.08. The second kappa shape index (κ2) is 18.8. The maximum absolute atomic E-state index is 13.3. The number of rotatable bonds is 20. The monoisotopic (exact) mass is 594 g/mol. The van der Waals surface area contributed by atoms with Gasteiger partial charge in [0.1, 0.15) is 63.1 Å². The van der Waals surface area contributed by atoms with Crippen molar-refractivity contribution in [1.82, 2.24) is 0 Å². The molecule has 0 amide bonds. The molecule has 0 aliphatic carbocycles. The molecule has 2 aromatic rings. The van der Waals surface area contributed by atoms with E-state index in [1.54, 1.807) is 37.4 Å². The number of benzene rings is 2. The van der Waals surface area contributed by atoms with Crippen LogP contribution in [0.25, 0.3) is 0 Å². The molecule has 0 spiro atoms. The molecule has 0 unspecified atom stereocenters. The van der Waals surface area contributed by atoms with Gasteiger partial charge >= 0.3 is 0 Å². The molecule has 5 atom stereocenters. The summed E-state index contributed by atoms with van der Waals surface area (Å²) in [5.41, 5.74) is 1.27. The lowest BCUT2D eigenvalue weighted by atomic mass is 9.89. The summed E-state index contributed by atoms with van der Waals surface area (Å²) in [4.78, 5) is 13.3. The van der Waals surface area contributed by atoms with Crippen molar-refractivity contribution in [2.45, 2.75) is 36.9 Å². The van der Waals surface area contributed by atoms with Crippen LogP contribution in [0.15, 0.2) is 48.5 Å². The predicted molar refractivity (Wildman–Crippen MR) is 150 cm³/mol. The van der Waals surface area contributed by atoms with Gasteiger partial charge in [-0.05, 0) is 29.8 Å². The van der Waals surface area contributed by atoms with E-state index in [4.69, 9.17) is 52.1 Å². The fraction of sp³-hybridized carbons (Fsp3) is 0.567. The molecule has 1 saturated heterocycles. The zero-order chi connectivity index (χ0) is 30.2. The molecular weight excluding hydrogens is 552 g/mol. The smallest absolute Gasteiger partial charge is 0.200 e. The number of carbonyl (C=O) groups is 1. The Hall–Kier alpha value is -2.65. The van der Waals surface area contributed by atoms with Crippen molar-refractivity contribution in [3.8, 4) is 11.5 Å². The molecule has 0 aromatic heterocycles. The van der Waals surface area contributed by atoms with Crippen molar-refractivity contribution in [1.29, 1.82) is 0 Å². The van der Waals surface area contributed by atoms with Gasteiger partial charge in [-0.2, -0.15) is 0 Å². The lowest BCUT2D eigenvalue weighted by Crippen LogP contribution is -2.62. The van der Waals surface area contributed by atoms with Crippen LogP contribution in [0.2, 0.25) is 0 Å². The van der Waals surface area contributed by atoms with Gasteiger partial charge in [0.25, 0.3) is 0 Å². The molecule has 234 valence electrons. The van der Waals surface area contributed by atoms with E-state index in [2.05, 4.69) is 0 Å². The van der Waals surface area contributed by atoms with Gasteiger partial charge in [-0.25, -0.2) is 0 Å². The molecule has 1 fully saturated rings. The molecule has 2 aromatic carbocycles. The van der Waals surface area contributed by atoms with E-state index in [1.807, 2.05) is 18.2 Å². The van der Waals surface area contributed by atoms with Gasteiger partial charge in [0, 0.05) is 40.4 Å². The second-order valence-corrected chi connectivity index (χ2v) is 9.35. The number of carbonyl (C=O) groups excluding carboxylic acids is 1. The number of hydrogen-bond acceptors (Lipinski definition) is 12. The highest BCUT2D eigenvalue weighted by Crippen LogP contribution is 2.31. The minimum atomic E-state index is -0.653. The van der Waals surface area contributed by atoms with Crippen LogP contribution in [0.1, 0.15) is 15.9 Å². The Morgan fingerprint density at radius 1 is 0.690 bits per heavy atom. The molecule has 3 rings (SSSR count). The average molecular weight is 595 g/mol. The highest BCUT2D eigenvalue weighted by atomic mass is 16.7. The molecule has 0 bridgehead atoms. The highest BCUT2D eigenvalue weighted by Gasteiger charge is 2.48. The topological polar surface area (TPSA) is 119 Å². The maximum atomic E-state index is 13.3. The molecule has 0 radical (unpaired) electrons. The van der Waals surface area contributed by atoms with E-state index in [-0.39, 0.29) is 46.2 Å². The normalized spacial score (nSPS) is 22.2. The largest absolute Gasteiger partial charge is 0.497 e. The van der Waals surface area contributed by atoms with Gasteiger partial charge < -0.3 is 52.1 Å². The zero-order valence-corrected chi connectivity index (χ0v) is 24.9. The fourth-order valence-electron chi connectivity index (χ4n) is 4.65. The van der Waals surface area contributed by atoms with Crippen LogP contribution >= 0.6 is 0 Å².